The fourth-order valence-electron chi connectivity index (χ4n) is 1.80. The minimum absolute atomic E-state index is 0.0287. The van der Waals surface area contributed by atoms with Crippen LogP contribution in [0.3, 0.4) is 0 Å². The van der Waals surface area contributed by atoms with E-state index < -0.39 is 0 Å². The second-order valence-electron chi connectivity index (χ2n) is 4.56. The van der Waals surface area contributed by atoms with E-state index in [4.69, 9.17) is 5.73 Å². The van der Waals surface area contributed by atoms with Crippen LogP contribution in [0.25, 0.3) is 0 Å². The third-order valence-corrected chi connectivity index (χ3v) is 4.22. The molecule has 0 bridgehead atoms. The summed E-state index contributed by atoms with van der Waals surface area (Å²) in [4.78, 5) is 11.8. The van der Waals surface area contributed by atoms with Crippen molar-refractivity contribution in [2.24, 2.45) is 23.5 Å². The van der Waals surface area contributed by atoms with Gasteiger partial charge in [-0.25, -0.2) is 0 Å². The van der Waals surface area contributed by atoms with Crippen LogP contribution in [0.2, 0.25) is 0 Å². The van der Waals surface area contributed by atoms with Crippen molar-refractivity contribution in [1.29, 1.82) is 0 Å². The summed E-state index contributed by atoms with van der Waals surface area (Å²) in [7, 11) is 0. The van der Waals surface area contributed by atoms with E-state index in [1.54, 1.807) is 0 Å². The van der Waals surface area contributed by atoms with Crippen molar-refractivity contribution in [1.82, 2.24) is 5.32 Å². The Kier molecular flexibility index (Phi) is 5.47. The van der Waals surface area contributed by atoms with Crippen LogP contribution in [-0.2, 0) is 4.79 Å². The standard InChI is InChI=1S/C11H22N2OS/c1-8(2)10(5-12)11(14)13-6-9-3-4-15-7-9/h8-10H,3-7,12H2,1-2H3,(H,13,14). The maximum absolute atomic E-state index is 11.8. The van der Waals surface area contributed by atoms with E-state index in [0.717, 1.165) is 6.54 Å². The second-order valence-corrected chi connectivity index (χ2v) is 5.71. The maximum Gasteiger partial charge on any atom is 0.224 e. The first kappa shape index (κ1) is 12.8. The lowest BCUT2D eigenvalue weighted by molar-refractivity contribution is -0.126. The molecule has 1 fully saturated rings. The highest BCUT2D eigenvalue weighted by Gasteiger charge is 2.22. The monoisotopic (exact) mass is 230 g/mol. The van der Waals surface area contributed by atoms with E-state index in [9.17, 15) is 4.79 Å². The second kappa shape index (κ2) is 6.38. The van der Waals surface area contributed by atoms with Crippen LogP contribution in [0.1, 0.15) is 20.3 Å². The third-order valence-electron chi connectivity index (χ3n) is 2.98. The number of thioether (sulfide) groups is 1. The number of rotatable bonds is 5. The average Bonchev–Trinajstić information content (AvgIpc) is 2.67. The zero-order chi connectivity index (χ0) is 11.3. The van der Waals surface area contributed by atoms with Crippen molar-refractivity contribution in [2.45, 2.75) is 20.3 Å². The van der Waals surface area contributed by atoms with Gasteiger partial charge in [-0.1, -0.05) is 13.8 Å². The summed E-state index contributed by atoms with van der Waals surface area (Å²) >= 11 is 1.98. The molecular formula is C11H22N2OS. The van der Waals surface area contributed by atoms with Gasteiger partial charge in [0.2, 0.25) is 5.91 Å². The van der Waals surface area contributed by atoms with Gasteiger partial charge < -0.3 is 11.1 Å². The summed E-state index contributed by atoms with van der Waals surface area (Å²) in [5.41, 5.74) is 5.59. The van der Waals surface area contributed by atoms with Crippen molar-refractivity contribution in [3.8, 4) is 0 Å². The highest BCUT2D eigenvalue weighted by molar-refractivity contribution is 7.99. The number of hydrogen-bond donors (Lipinski definition) is 2. The first-order valence-electron chi connectivity index (χ1n) is 5.70. The molecule has 3 N–H and O–H groups in total. The molecule has 1 aliphatic rings. The number of carbonyl (C=O) groups excluding carboxylic acids is 1. The molecule has 0 spiro atoms. The van der Waals surface area contributed by atoms with E-state index in [-0.39, 0.29) is 11.8 Å². The van der Waals surface area contributed by atoms with E-state index in [2.05, 4.69) is 5.32 Å². The van der Waals surface area contributed by atoms with Crippen LogP contribution in [0.15, 0.2) is 0 Å². The normalized spacial score (nSPS) is 23.1. The van der Waals surface area contributed by atoms with Gasteiger partial charge in [0.1, 0.15) is 0 Å². The van der Waals surface area contributed by atoms with Crippen molar-refractivity contribution in [2.75, 3.05) is 24.6 Å². The molecule has 0 saturated carbocycles. The molecule has 1 amide bonds. The SMILES string of the molecule is CC(C)C(CN)C(=O)NCC1CCSC1. The fourth-order valence-corrected chi connectivity index (χ4v) is 3.09. The van der Waals surface area contributed by atoms with Crippen molar-refractivity contribution >= 4 is 17.7 Å². The van der Waals surface area contributed by atoms with Crippen LogP contribution >= 0.6 is 11.8 Å². The number of hydrogen-bond acceptors (Lipinski definition) is 3. The van der Waals surface area contributed by atoms with Gasteiger partial charge in [0.15, 0.2) is 0 Å². The Morgan fingerprint density at radius 1 is 1.60 bits per heavy atom. The number of amides is 1. The minimum Gasteiger partial charge on any atom is -0.356 e. The van der Waals surface area contributed by atoms with Crippen LogP contribution in [0.5, 0.6) is 0 Å². The van der Waals surface area contributed by atoms with Crippen LogP contribution in [0.4, 0.5) is 0 Å². The molecule has 0 radical (unpaired) electrons. The summed E-state index contributed by atoms with van der Waals surface area (Å²) in [5, 5.41) is 3.02. The van der Waals surface area contributed by atoms with E-state index >= 15 is 0 Å². The minimum atomic E-state index is -0.0287. The molecule has 0 aromatic heterocycles. The Morgan fingerprint density at radius 2 is 2.33 bits per heavy atom. The fraction of sp³-hybridized carbons (Fsp3) is 0.909. The van der Waals surface area contributed by atoms with E-state index in [1.807, 2.05) is 25.6 Å². The summed E-state index contributed by atoms with van der Waals surface area (Å²) < 4.78 is 0. The van der Waals surface area contributed by atoms with Crippen molar-refractivity contribution in [3.05, 3.63) is 0 Å². The smallest absolute Gasteiger partial charge is 0.224 e. The zero-order valence-corrected chi connectivity index (χ0v) is 10.5. The Labute approximate surface area is 96.6 Å². The lowest BCUT2D eigenvalue weighted by Crippen LogP contribution is -2.40. The van der Waals surface area contributed by atoms with E-state index in [0.29, 0.717) is 18.4 Å². The predicted molar refractivity (Wildman–Crippen MR) is 65.8 cm³/mol. The molecule has 1 rings (SSSR count). The largest absolute Gasteiger partial charge is 0.356 e. The Morgan fingerprint density at radius 3 is 2.80 bits per heavy atom. The molecule has 0 aromatic rings. The Balaban J connectivity index is 2.27. The average molecular weight is 230 g/mol. The Bertz CT molecular complexity index is 203. The number of nitrogens with one attached hydrogen (secondary N) is 1. The Hall–Kier alpha value is -0.220. The van der Waals surface area contributed by atoms with Crippen molar-refractivity contribution < 1.29 is 4.79 Å². The van der Waals surface area contributed by atoms with Crippen LogP contribution in [-0.4, -0.2) is 30.5 Å². The van der Waals surface area contributed by atoms with Gasteiger partial charge in [-0.15, -0.1) is 0 Å². The third kappa shape index (κ3) is 4.03. The molecule has 0 aliphatic carbocycles. The molecule has 1 saturated heterocycles. The first-order chi connectivity index (χ1) is 7.15. The molecule has 15 heavy (non-hydrogen) atoms. The van der Waals surface area contributed by atoms with E-state index in [1.165, 1.54) is 17.9 Å². The summed E-state index contributed by atoms with van der Waals surface area (Å²) in [6.45, 7) is 5.36. The molecule has 0 aromatic carbocycles. The molecule has 3 nitrogen and oxygen atoms in total. The van der Waals surface area contributed by atoms with Gasteiger partial charge in [0, 0.05) is 13.1 Å². The lowest BCUT2D eigenvalue weighted by atomic mass is 9.95. The van der Waals surface area contributed by atoms with Gasteiger partial charge in [-0.3, -0.25) is 4.79 Å². The van der Waals surface area contributed by atoms with Gasteiger partial charge >= 0.3 is 0 Å². The topological polar surface area (TPSA) is 55.1 Å². The quantitative estimate of drug-likeness (QED) is 0.743. The van der Waals surface area contributed by atoms with Gasteiger partial charge in [0.25, 0.3) is 0 Å². The zero-order valence-electron chi connectivity index (χ0n) is 9.66. The first-order valence-corrected chi connectivity index (χ1v) is 6.86. The summed E-state index contributed by atoms with van der Waals surface area (Å²) in [6.07, 6.45) is 1.24. The number of nitrogens with two attached hydrogens (primary N) is 1. The van der Waals surface area contributed by atoms with Gasteiger partial charge in [-0.2, -0.15) is 11.8 Å². The molecule has 2 atom stereocenters. The molecular weight excluding hydrogens is 208 g/mol. The van der Waals surface area contributed by atoms with Gasteiger partial charge in [0.05, 0.1) is 5.92 Å². The maximum atomic E-state index is 11.8. The lowest BCUT2D eigenvalue weighted by Gasteiger charge is -2.19. The predicted octanol–water partition coefficient (Wildman–Crippen LogP) is 1.09. The highest BCUT2D eigenvalue weighted by Crippen LogP contribution is 2.22. The van der Waals surface area contributed by atoms with Crippen LogP contribution < -0.4 is 11.1 Å². The summed E-state index contributed by atoms with van der Waals surface area (Å²) in [5.74, 6) is 3.53. The summed E-state index contributed by atoms with van der Waals surface area (Å²) in [6, 6.07) is 0. The number of carbonyl (C=O) groups is 1. The highest BCUT2D eigenvalue weighted by atomic mass is 32.2. The van der Waals surface area contributed by atoms with Crippen LogP contribution in [0, 0.1) is 17.8 Å². The molecule has 1 aliphatic heterocycles. The molecule has 4 heteroatoms. The van der Waals surface area contributed by atoms with Crippen molar-refractivity contribution in [3.63, 3.8) is 0 Å². The molecule has 1 heterocycles. The molecule has 88 valence electrons. The van der Waals surface area contributed by atoms with Gasteiger partial charge in [-0.05, 0) is 29.8 Å². The molecule has 2 unspecified atom stereocenters.